The largest absolute Gasteiger partial charge is 0.295 e. The normalized spacial score (nSPS) is 12.1. The summed E-state index contributed by atoms with van der Waals surface area (Å²) in [6.07, 6.45) is 0. The zero-order chi connectivity index (χ0) is 20.4. The molecule has 30 heavy (non-hydrogen) atoms. The maximum atomic E-state index is 6.52. The summed E-state index contributed by atoms with van der Waals surface area (Å²) in [5.74, 6) is 1.36. The average Bonchev–Trinajstić information content (AvgIpc) is 3.30. The molecule has 0 aliphatic carbocycles. The Morgan fingerprint density at radius 2 is 1.57 bits per heavy atom. The fourth-order valence-electron chi connectivity index (χ4n) is 4.41. The number of hydrogen-bond donors (Lipinski definition) is 0. The molecule has 0 fully saturated rings. The van der Waals surface area contributed by atoms with E-state index in [-0.39, 0.29) is 0 Å². The zero-order valence-electron chi connectivity index (χ0n) is 16.7. The lowest BCUT2D eigenvalue weighted by molar-refractivity contribution is 0.761. The van der Waals surface area contributed by atoms with E-state index in [0.717, 1.165) is 38.3 Å². The first-order valence-corrected chi connectivity index (χ1v) is 11.3. The Kier molecular flexibility index (Phi) is 3.92. The molecule has 0 aliphatic rings. The van der Waals surface area contributed by atoms with Crippen molar-refractivity contribution in [2.45, 2.75) is 19.8 Å². The highest BCUT2D eigenvalue weighted by Crippen LogP contribution is 2.39. The number of thiophene rings is 1. The van der Waals surface area contributed by atoms with Crippen molar-refractivity contribution in [1.29, 1.82) is 0 Å². The summed E-state index contributed by atoms with van der Waals surface area (Å²) in [6, 6.07) is 25.6. The molecule has 0 atom stereocenters. The quantitative estimate of drug-likeness (QED) is 0.272. The SMILES string of the molecule is CC(C)c1nc2cc3sc4ccccc4c3cc2n1-c1cccc2c(Cl)cccc12. The summed E-state index contributed by atoms with van der Waals surface area (Å²) in [5.41, 5.74) is 3.30. The van der Waals surface area contributed by atoms with Crippen molar-refractivity contribution in [2.75, 3.05) is 0 Å². The Hall–Kier alpha value is -2.88. The molecule has 4 aromatic carbocycles. The summed E-state index contributed by atoms with van der Waals surface area (Å²) in [5, 5.41) is 5.57. The second-order valence-corrected chi connectivity index (χ2v) is 9.50. The number of fused-ring (bicyclic) bond motifs is 5. The van der Waals surface area contributed by atoms with Gasteiger partial charge in [0.1, 0.15) is 5.82 Å². The van der Waals surface area contributed by atoms with Crippen LogP contribution in [-0.2, 0) is 0 Å². The number of aromatic nitrogens is 2. The van der Waals surface area contributed by atoms with E-state index in [9.17, 15) is 0 Å². The number of nitrogens with zero attached hydrogens (tertiary/aromatic N) is 2. The second-order valence-electron chi connectivity index (χ2n) is 8.01. The first kappa shape index (κ1) is 17.9. The first-order valence-electron chi connectivity index (χ1n) is 10.1. The van der Waals surface area contributed by atoms with Crippen LogP contribution in [0.25, 0.3) is 47.7 Å². The van der Waals surface area contributed by atoms with E-state index in [1.807, 2.05) is 23.5 Å². The van der Waals surface area contributed by atoms with Gasteiger partial charge in [-0.05, 0) is 30.3 Å². The molecule has 6 aromatic rings. The summed E-state index contributed by atoms with van der Waals surface area (Å²) >= 11 is 8.35. The van der Waals surface area contributed by atoms with Gasteiger partial charge < -0.3 is 0 Å². The first-order chi connectivity index (χ1) is 14.6. The molecule has 2 heterocycles. The molecular weight excluding hydrogens is 408 g/mol. The van der Waals surface area contributed by atoms with E-state index in [1.54, 1.807) is 0 Å². The minimum Gasteiger partial charge on any atom is -0.295 e. The van der Waals surface area contributed by atoms with Crippen molar-refractivity contribution in [1.82, 2.24) is 9.55 Å². The highest BCUT2D eigenvalue weighted by atomic mass is 35.5. The Morgan fingerprint density at radius 1 is 0.800 bits per heavy atom. The third-order valence-electron chi connectivity index (χ3n) is 5.78. The van der Waals surface area contributed by atoms with Gasteiger partial charge in [-0.3, -0.25) is 4.57 Å². The van der Waals surface area contributed by atoms with Crippen LogP contribution in [0, 0.1) is 0 Å². The van der Waals surface area contributed by atoms with Crippen LogP contribution < -0.4 is 0 Å². The standard InChI is InChI=1S/C26H19ClN2S/c1-15(2)26-28-21-14-25-19(18-7-3-4-12-24(18)30-25)13-23(21)29(26)22-11-6-8-16-17(22)9-5-10-20(16)27/h3-15H,1-2H3. The number of hydrogen-bond acceptors (Lipinski definition) is 2. The molecule has 0 bridgehead atoms. The van der Waals surface area contributed by atoms with Crippen molar-refractivity contribution in [3.63, 3.8) is 0 Å². The van der Waals surface area contributed by atoms with E-state index >= 15 is 0 Å². The van der Waals surface area contributed by atoms with Crippen LogP contribution in [0.1, 0.15) is 25.6 Å². The fourth-order valence-corrected chi connectivity index (χ4v) is 5.76. The second kappa shape index (κ2) is 6.56. The minimum absolute atomic E-state index is 0.293. The van der Waals surface area contributed by atoms with Crippen LogP contribution in [0.3, 0.4) is 0 Å². The van der Waals surface area contributed by atoms with Gasteiger partial charge in [0.25, 0.3) is 0 Å². The monoisotopic (exact) mass is 426 g/mol. The van der Waals surface area contributed by atoms with Gasteiger partial charge in [0.05, 0.1) is 16.7 Å². The molecule has 0 saturated heterocycles. The Morgan fingerprint density at radius 3 is 2.43 bits per heavy atom. The van der Waals surface area contributed by atoms with Gasteiger partial charge >= 0.3 is 0 Å². The van der Waals surface area contributed by atoms with Crippen molar-refractivity contribution in [3.8, 4) is 5.69 Å². The van der Waals surface area contributed by atoms with E-state index in [2.05, 4.69) is 79.1 Å². The molecule has 4 heteroatoms. The third-order valence-corrected chi connectivity index (χ3v) is 7.25. The smallest absolute Gasteiger partial charge is 0.117 e. The van der Waals surface area contributed by atoms with Crippen molar-refractivity contribution in [2.24, 2.45) is 0 Å². The maximum Gasteiger partial charge on any atom is 0.117 e. The minimum atomic E-state index is 0.293. The summed E-state index contributed by atoms with van der Waals surface area (Å²) in [4.78, 5) is 5.07. The van der Waals surface area contributed by atoms with Crippen molar-refractivity contribution < 1.29 is 0 Å². The third kappa shape index (κ3) is 2.52. The fraction of sp³-hybridized carbons (Fsp3) is 0.115. The van der Waals surface area contributed by atoms with Crippen LogP contribution in [0.4, 0.5) is 0 Å². The summed E-state index contributed by atoms with van der Waals surface area (Å²) < 4.78 is 4.92. The van der Waals surface area contributed by atoms with Gasteiger partial charge in [-0.2, -0.15) is 0 Å². The molecule has 0 aliphatic heterocycles. The number of halogens is 1. The van der Waals surface area contributed by atoms with Gasteiger partial charge in [-0.25, -0.2) is 4.98 Å². The molecule has 2 nitrogen and oxygen atoms in total. The Labute approximate surface area is 183 Å². The van der Waals surface area contributed by atoms with Crippen molar-refractivity contribution in [3.05, 3.63) is 83.6 Å². The lowest BCUT2D eigenvalue weighted by Gasteiger charge is -2.15. The number of imidazole rings is 1. The van der Waals surface area contributed by atoms with Crippen LogP contribution in [0.5, 0.6) is 0 Å². The Balaban J connectivity index is 1.77. The van der Waals surface area contributed by atoms with E-state index in [4.69, 9.17) is 16.6 Å². The van der Waals surface area contributed by atoms with Gasteiger partial charge in [0.15, 0.2) is 0 Å². The van der Waals surface area contributed by atoms with Crippen molar-refractivity contribution >= 4 is 64.9 Å². The topological polar surface area (TPSA) is 17.8 Å². The van der Waals surface area contributed by atoms with Gasteiger partial charge in [-0.15, -0.1) is 11.3 Å². The van der Waals surface area contributed by atoms with E-state index in [1.165, 1.54) is 20.2 Å². The van der Waals surface area contributed by atoms with Crippen LogP contribution in [0.15, 0.2) is 72.8 Å². The molecule has 6 rings (SSSR count). The van der Waals surface area contributed by atoms with E-state index < -0.39 is 0 Å². The molecule has 146 valence electrons. The molecule has 0 radical (unpaired) electrons. The molecule has 0 spiro atoms. The predicted octanol–water partition coefficient (Wildman–Crippen LogP) is 8.32. The molecule has 0 N–H and O–H groups in total. The highest BCUT2D eigenvalue weighted by molar-refractivity contribution is 7.25. The molecule has 0 amide bonds. The predicted molar refractivity (Wildman–Crippen MR) is 131 cm³/mol. The Bertz CT molecular complexity index is 1590. The molecular formula is C26H19ClN2S. The van der Waals surface area contributed by atoms with Crippen LogP contribution in [0.2, 0.25) is 5.02 Å². The average molecular weight is 427 g/mol. The van der Waals surface area contributed by atoms with Crippen LogP contribution >= 0.6 is 22.9 Å². The lowest BCUT2D eigenvalue weighted by atomic mass is 10.1. The summed E-state index contributed by atoms with van der Waals surface area (Å²) in [6.45, 7) is 4.40. The number of rotatable bonds is 2. The zero-order valence-corrected chi connectivity index (χ0v) is 18.3. The van der Waals surface area contributed by atoms with Gasteiger partial charge in [-0.1, -0.05) is 67.9 Å². The lowest BCUT2D eigenvalue weighted by Crippen LogP contribution is -2.03. The maximum absolute atomic E-state index is 6.52. The molecule has 0 saturated carbocycles. The number of benzene rings is 4. The van der Waals surface area contributed by atoms with Gasteiger partial charge in [0, 0.05) is 41.9 Å². The van der Waals surface area contributed by atoms with Gasteiger partial charge in [0.2, 0.25) is 0 Å². The molecule has 2 aromatic heterocycles. The van der Waals surface area contributed by atoms with E-state index in [0.29, 0.717) is 5.92 Å². The van der Waals surface area contributed by atoms with Crippen LogP contribution in [-0.4, -0.2) is 9.55 Å². The molecule has 0 unspecified atom stereocenters. The summed E-state index contributed by atoms with van der Waals surface area (Å²) in [7, 11) is 0. The highest BCUT2D eigenvalue weighted by Gasteiger charge is 2.19.